The Balaban J connectivity index is 3.68. The first-order valence-corrected chi connectivity index (χ1v) is 4.88. The van der Waals surface area contributed by atoms with Crippen LogP contribution in [0.15, 0.2) is 0 Å². The summed E-state index contributed by atoms with van der Waals surface area (Å²) in [7, 11) is 3.48. The Hall–Kier alpha value is -0.570. The highest BCUT2D eigenvalue weighted by atomic mass is 16.5. The summed E-state index contributed by atoms with van der Waals surface area (Å²) in [4.78, 5) is 13.1. The molecule has 0 bridgehead atoms. The van der Waals surface area contributed by atoms with Crippen LogP contribution in [-0.4, -0.2) is 37.6 Å². The van der Waals surface area contributed by atoms with Crippen molar-refractivity contribution in [1.29, 1.82) is 0 Å². The lowest BCUT2D eigenvalue weighted by Gasteiger charge is -2.23. The summed E-state index contributed by atoms with van der Waals surface area (Å²) in [5.74, 6) is -0.129. The molecule has 0 aliphatic carbocycles. The topological polar surface area (TPSA) is 29.5 Å². The van der Waals surface area contributed by atoms with Gasteiger partial charge in [-0.05, 0) is 26.9 Å². The Kier molecular flexibility index (Phi) is 6.59. The van der Waals surface area contributed by atoms with Gasteiger partial charge in [0, 0.05) is 6.04 Å². The molecule has 3 heteroatoms. The molecule has 0 amide bonds. The van der Waals surface area contributed by atoms with Gasteiger partial charge >= 0.3 is 5.97 Å². The van der Waals surface area contributed by atoms with E-state index in [0.717, 1.165) is 6.54 Å². The number of carbonyl (C=O) groups excluding carboxylic acids is 1. The zero-order valence-electron chi connectivity index (χ0n) is 9.17. The highest BCUT2D eigenvalue weighted by Crippen LogP contribution is 2.03. The molecule has 0 N–H and O–H groups in total. The standard InChI is InChI=1S/C10H21NO2/c1-5-6-7-11(3)9(2)8-10(12)13-4/h9H,5-8H2,1-4H3. The Morgan fingerprint density at radius 3 is 2.62 bits per heavy atom. The second kappa shape index (κ2) is 6.89. The van der Waals surface area contributed by atoms with Gasteiger partial charge in [-0.15, -0.1) is 0 Å². The average Bonchev–Trinajstić information content (AvgIpc) is 2.13. The number of rotatable bonds is 6. The molecule has 0 rings (SSSR count). The normalized spacial score (nSPS) is 13.0. The number of ether oxygens (including phenoxy) is 1. The van der Waals surface area contributed by atoms with E-state index in [0.29, 0.717) is 6.42 Å². The van der Waals surface area contributed by atoms with Crippen molar-refractivity contribution >= 4 is 5.97 Å². The molecule has 78 valence electrons. The van der Waals surface area contributed by atoms with E-state index >= 15 is 0 Å². The van der Waals surface area contributed by atoms with E-state index in [1.807, 2.05) is 14.0 Å². The summed E-state index contributed by atoms with van der Waals surface area (Å²) in [5, 5.41) is 0. The second-order valence-electron chi connectivity index (χ2n) is 3.46. The molecule has 13 heavy (non-hydrogen) atoms. The first-order valence-electron chi connectivity index (χ1n) is 4.88. The highest BCUT2D eigenvalue weighted by molar-refractivity contribution is 5.69. The highest BCUT2D eigenvalue weighted by Gasteiger charge is 2.12. The third-order valence-corrected chi connectivity index (χ3v) is 2.31. The minimum atomic E-state index is -0.129. The van der Waals surface area contributed by atoms with Crippen LogP contribution in [0.4, 0.5) is 0 Å². The van der Waals surface area contributed by atoms with Crippen molar-refractivity contribution in [3.8, 4) is 0 Å². The van der Waals surface area contributed by atoms with Gasteiger partial charge in [0.1, 0.15) is 0 Å². The fraction of sp³-hybridized carbons (Fsp3) is 0.900. The number of unbranched alkanes of at least 4 members (excludes halogenated alkanes) is 1. The van der Waals surface area contributed by atoms with E-state index in [4.69, 9.17) is 0 Å². The van der Waals surface area contributed by atoms with Gasteiger partial charge in [0.05, 0.1) is 13.5 Å². The minimum absolute atomic E-state index is 0.129. The SMILES string of the molecule is CCCCN(C)C(C)CC(=O)OC. The molecule has 0 saturated heterocycles. The first kappa shape index (κ1) is 12.4. The molecule has 0 aromatic carbocycles. The molecule has 0 radical (unpaired) electrons. The van der Waals surface area contributed by atoms with Crippen molar-refractivity contribution in [3.63, 3.8) is 0 Å². The number of carbonyl (C=O) groups is 1. The molecular weight excluding hydrogens is 166 g/mol. The molecule has 1 unspecified atom stereocenters. The van der Waals surface area contributed by atoms with E-state index in [2.05, 4.69) is 16.6 Å². The third kappa shape index (κ3) is 5.64. The monoisotopic (exact) mass is 187 g/mol. The fourth-order valence-corrected chi connectivity index (χ4v) is 1.11. The molecule has 0 saturated carbocycles. The molecular formula is C10H21NO2. The lowest BCUT2D eigenvalue weighted by atomic mass is 10.2. The molecule has 0 aliphatic rings. The second-order valence-corrected chi connectivity index (χ2v) is 3.46. The van der Waals surface area contributed by atoms with Crippen LogP contribution in [0.5, 0.6) is 0 Å². The fourth-order valence-electron chi connectivity index (χ4n) is 1.11. The third-order valence-electron chi connectivity index (χ3n) is 2.31. The Bertz CT molecular complexity index is 148. The van der Waals surface area contributed by atoms with Crippen LogP contribution in [0.1, 0.15) is 33.1 Å². The van der Waals surface area contributed by atoms with Gasteiger partial charge in [0.2, 0.25) is 0 Å². The average molecular weight is 187 g/mol. The number of nitrogens with zero attached hydrogens (tertiary/aromatic N) is 1. The summed E-state index contributed by atoms with van der Waals surface area (Å²) < 4.78 is 4.61. The summed E-state index contributed by atoms with van der Waals surface area (Å²) in [6.07, 6.45) is 2.86. The lowest BCUT2D eigenvalue weighted by molar-refractivity contribution is -0.141. The van der Waals surface area contributed by atoms with Gasteiger partial charge in [-0.1, -0.05) is 13.3 Å². The van der Waals surface area contributed by atoms with Gasteiger partial charge in [-0.3, -0.25) is 4.79 Å². The molecule has 0 fully saturated rings. The predicted molar refractivity (Wildman–Crippen MR) is 53.6 cm³/mol. The van der Waals surface area contributed by atoms with Crippen LogP contribution in [0.25, 0.3) is 0 Å². The van der Waals surface area contributed by atoms with Crippen molar-refractivity contribution in [3.05, 3.63) is 0 Å². The van der Waals surface area contributed by atoms with Crippen molar-refractivity contribution < 1.29 is 9.53 Å². The van der Waals surface area contributed by atoms with Crippen LogP contribution in [-0.2, 0) is 9.53 Å². The number of hydrogen-bond donors (Lipinski definition) is 0. The molecule has 1 atom stereocenters. The summed E-state index contributed by atoms with van der Waals surface area (Å²) in [6.45, 7) is 5.26. The lowest BCUT2D eigenvalue weighted by Crippen LogP contribution is -2.32. The smallest absolute Gasteiger partial charge is 0.307 e. The summed E-state index contributed by atoms with van der Waals surface area (Å²) in [6, 6.07) is 0.277. The largest absolute Gasteiger partial charge is 0.469 e. The Morgan fingerprint density at radius 1 is 1.54 bits per heavy atom. The zero-order chi connectivity index (χ0) is 10.3. The van der Waals surface area contributed by atoms with E-state index < -0.39 is 0 Å². The van der Waals surface area contributed by atoms with E-state index in [-0.39, 0.29) is 12.0 Å². The maximum atomic E-state index is 11.0. The first-order chi connectivity index (χ1) is 6.11. The Labute approximate surface area is 81.1 Å². The minimum Gasteiger partial charge on any atom is -0.469 e. The van der Waals surface area contributed by atoms with Crippen LogP contribution < -0.4 is 0 Å². The number of methoxy groups -OCH3 is 1. The van der Waals surface area contributed by atoms with Gasteiger partial charge in [-0.25, -0.2) is 0 Å². The van der Waals surface area contributed by atoms with Crippen LogP contribution >= 0.6 is 0 Å². The van der Waals surface area contributed by atoms with Crippen molar-refractivity contribution in [2.75, 3.05) is 20.7 Å². The molecule has 0 aliphatic heterocycles. The van der Waals surface area contributed by atoms with Gasteiger partial charge in [-0.2, -0.15) is 0 Å². The van der Waals surface area contributed by atoms with Crippen molar-refractivity contribution in [2.24, 2.45) is 0 Å². The van der Waals surface area contributed by atoms with E-state index in [1.54, 1.807) is 0 Å². The van der Waals surface area contributed by atoms with Gasteiger partial charge in [0.15, 0.2) is 0 Å². The zero-order valence-corrected chi connectivity index (χ0v) is 9.17. The molecule has 0 heterocycles. The van der Waals surface area contributed by atoms with Crippen LogP contribution in [0.2, 0.25) is 0 Å². The summed E-state index contributed by atoms with van der Waals surface area (Å²) in [5.41, 5.74) is 0. The van der Waals surface area contributed by atoms with Crippen LogP contribution in [0, 0.1) is 0 Å². The Morgan fingerprint density at radius 2 is 2.15 bits per heavy atom. The summed E-state index contributed by atoms with van der Waals surface area (Å²) >= 11 is 0. The van der Waals surface area contributed by atoms with E-state index in [1.165, 1.54) is 20.0 Å². The van der Waals surface area contributed by atoms with Gasteiger partial charge < -0.3 is 9.64 Å². The quantitative estimate of drug-likeness (QED) is 0.592. The van der Waals surface area contributed by atoms with E-state index in [9.17, 15) is 4.79 Å². The van der Waals surface area contributed by atoms with Crippen LogP contribution in [0.3, 0.4) is 0 Å². The molecule has 0 spiro atoms. The maximum absolute atomic E-state index is 11.0. The van der Waals surface area contributed by atoms with Crippen molar-refractivity contribution in [2.45, 2.75) is 39.2 Å². The molecule has 0 aromatic rings. The predicted octanol–water partition coefficient (Wildman–Crippen LogP) is 1.67. The molecule has 0 aromatic heterocycles. The van der Waals surface area contributed by atoms with Crippen molar-refractivity contribution in [1.82, 2.24) is 4.90 Å². The number of hydrogen-bond acceptors (Lipinski definition) is 3. The maximum Gasteiger partial charge on any atom is 0.307 e. The number of esters is 1. The molecule has 3 nitrogen and oxygen atoms in total. The van der Waals surface area contributed by atoms with Gasteiger partial charge in [0.25, 0.3) is 0 Å².